The maximum absolute atomic E-state index is 13.0. The highest BCUT2D eigenvalue weighted by atomic mass is 16.1. The van der Waals surface area contributed by atoms with Crippen molar-refractivity contribution >= 4 is 28.3 Å². The van der Waals surface area contributed by atoms with Crippen LogP contribution >= 0.6 is 0 Å². The Bertz CT molecular complexity index is 954. The lowest BCUT2D eigenvalue weighted by atomic mass is 9.67. The summed E-state index contributed by atoms with van der Waals surface area (Å²) >= 11 is 0. The second-order valence-corrected chi connectivity index (χ2v) is 10.7. The fourth-order valence-electron chi connectivity index (χ4n) is 6.41. The van der Waals surface area contributed by atoms with E-state index in [2.05, 4.69) is 53.8 Å². The topological polar surface area (TPSA) is 57.3 Å². The molecule has 5 nitrogen and oxygen atoms in total. The molecule has 3 fully saturated rings. The van der Waals surface area contributed by atoms with Crippen LogP contribution in [0.2, 0.25) is 0 Å². The first kappa shape index (κ1) is 21.7. The molecule has 1 saturated heterocycles. The third kappa shape index (κ3) is 4.93. The predicted octanol–water partition coefficient (Wildman–Crippen LogP) is 5.59. The zero-order valence-electron chi connectivity index (χ0n) is 19.7. The van der Waals surface area contributed by atoms with Crippen molar-refractivity contribution < 1.29 is 4.79 Å². The minimum atomic E-state index is 0.166. The number of fused-ring (bicyclic) bond motifs is 3. The third-order valence-electron chi connectivity index (χ3n) is 8.11. The molecule has 2 aliphatic carbocycles. The molecular weight excluding hydrogens is 396 g/mol. The van der Waals surface area contributed by atoms with Crippen LogP contribution in [0.4, 0.5) is 11.5 Å². The molecule has 0 radical (unpaired) electrons. The summed E-state index contributed by atoms with van der Waals surface area (Å²) in [5, 5.41) is 7.92. The maximum Gasteiger partial charge on any atom is 0.224 e. The van der Waals surface area contributed by atoms with Crippen molar-refractivity contribution in [1.82, 2.24) is 9.88 Å². The SMILES string of the molecule is Cc1ccc2nc(NC3CCN(C)CC3)ccc2c1NC(=O)CC1CC2CCCC(C2)C1. The van der Waals surface area contributed by atoms with Crippen LogP contribution in [0.15, 0.2) is 24.3 Å². The molecule has 3 aliphatic rings. The van der Waals surface area contributed by atoms with E-state index in [1.165, 1.54) is 38.5 Å². The van der Waals surface area contributed by atoms with E-state index in [4.69, 9.17) is 4.98 Å². The van der Waals surface area contributed by atoms with E-state index in [-0.39, 0.29) is 5.91 Å². The average Bonchev–Trinajstić information content (AvgIpc) is 2.77. The average molecular weight is 435 g/mol. The standard InChI is InChI=1S/C27H38N4O/c1-18-6-8-24-23(7-9-25(29-24)28-22-10-12-31(2)13-11-22)27(18)30-26(32)17-21-15-19-4-3-5-20(14-19)16-21/h6-9,19-22H,3-5,10-17H2,1-2H3,(H,28,29)(H,30,32). The van der Waals surface area contributed by atoms with E-state index in [0.717, 1.165) is 65.7 Å². The Morgan fingerprint density at radius 1 is 1.03 bits per heavy atom. The highest BCUT2D eigenvalue weighted by Gasteiger charge is 2.32. The van der Waals surface area contributed by atoms with Crippen molar-refractivity contribution in [2.24, 2.45) is 17.8 Å². The normalized spacial score (nSPS) is 26.8. The molecule has 1 aromatic carbocycles. The molecule has 2 saturated carbocycles. The van der Waals surface area contributed by atoms with Crippen molar-refractivity contribution in [3.05, 3.63) is 29.8 Å². The predicted molar refractivity (Wildman–Crippen MR) is 132 cm³/mol. The van der Waals surface area contributed by atoms with Crippen LogP contribution in [0, 0.1) is 24.7 Å². The van der Waals surface area contributed by atoms with E-state index < -0.39 is 0 Å². The fraction of sp³-hybridized carbons (Fsp3) is 0.630. The number of aromatic nitrogens is 1. The highest BCUT2D eigenvalue weighted by Crippen LogP contribution is 2.43. The van der Waals surface area contributed by atoms with Gasteiger partial charge in [0.15, 0.2) is 0 Å². The summed E-state index contributed by atoms with van der Waals surface area (Å²) in [6.07, 6.45) is 11.0. The number of piperidine rings is 1. The number of carbonyl (C=O) groups excluding carboxylic acids is 1. The van der Waals surface area contributed by atoms with E-state index >= 15 is 0 Å². The van der Waals surface area contributed by atoms with Gasteiger partial charge in [-0.25, -0.2) is 4.98 Å². The van der Waals surface area contributed by atoms with Crippen molar-refractivity contribution in [3.8, 4) is 0 Å². The molecule has 2 atom stereocenters. The number of pyridine rings is 1. The zero-order valence-corrected chi connectivity index (χ0v) is 19.7. The number of hydrogen-bond donors (Lipinski definition) is 2. The van der Waals surface area contributed by atoms with E-state index in [9.17, 15) is 4.79 Å². The van der Waals surface area contributed by atoms with Crippen LogP contribution in [0.25, 0.3) is 10.9 Å². The van der Waals surface area contributed by atoms with Gasteiger partial charge in [-0.1, -0.05) is 25.3 Å². The van der Waals surface area contributed by atoms with Crippen molar-refractivity contribution in [2.75, 3.05) is 30.8 Å². The Morgan fingerprint density at radius 2 is 1.78 bits per heavy atom. The van der Waals surface area contributed by atoms with Gasteiger partial charge in [-0.3, -0.25) is 4.79 Å². The van der Waals surface area contributed by atoms with Crippen LogP contribution in [-0.2, 0) is 4.79 Å². The third-order valence-corrected chi connectivity index (χ3v) is 8.11. The number of likely N-dealkylation sites (tertiary alicyclic amines) is 1. The van der Waals surface area contributed by atoms with Gasteiger partial charge < -0.3 is 15.5 Å². The van der Waals surface area contributed by atoms with Gasteiger partial charge in [-0.15, -0.1) is 0 Å². The number of nitrogens with one attached hydrogen (secondary N) is 2. The quantitative estimate of drug-likeness (QED) is 0.644. The number of hydrogen-bond acceptors (Lipinski definition) is 4. The van der Waals surface area contributed by atoms with Gasteiger partial charge in [0, 0.05) is 17.8 Å². The van der Waals surface area contributed by atoms with Crippen LogP contribution in [0.1, 0.15) is 63.4 Å². The van der Waals surface area contributed by atoms with Gasteiger partial charge in [-0.2, -0.15) is 0 Å². The lowest BCUT2D eigenvalue weighted by Crippen LogP contribution is -2.36. The minimum absolute atomic E-state index is 0.166. The molecule has 2 bridgehead atoms. The summed E-state index contributed by atoms with van der Waals surface area (Å²) in [6.45, 7) is 4.33. The van der Waals surface area contributed by atoms with E-state index in [1.54, 1.807) is 0 Å². The van der Waals surface area contributed by atoms with Crippen molar-refractivity contribution in [2.45, 2.75) is 70.8 Å². The Hall–Kier alpha value is -2.14. The zero-order chi connectivity index (χ0) is 22.1. The summed E-state index contributed by atoms with van der Waals surface area (Å²) in [5.41, 5.74) is 2.97. The lowest BCUT2D eigenvalue weighted by Gasteiger charge is -2.38. The van der Waals surface area contributed by atoms with Crippen LogP contribution < -0.4 is 10.6 Å². The molecule has 2 aromatic rings. The van der Waals surface area contributed by atoms with Gasteiger partial charge in [0.05, 0.1) is 11.2 Å². The van der Waals surface area contributed by atoms with Gasteiger partial charge in [0.25, 0.3) is 0 Å². The summed E-state index contributed by atoms with van der Waals surface area (Å²) in [5.74, 6) is 3.37. The molecule has 5 heteroatoms. The van der Waals surface area contributed by atoms with Crippen LogP contribution in [0.3, 0.4) is 0 Å². The first-order valence-corrected chi connectivity index (χ1v) is 12.7. The summed E-state index contributed by atoms with van der Waals surface area (Å²) < 4.78 is 0. The monoisotopic (exact) mass is 434 g/mol. The minimum Gasteiger partial charge on any atom is -0.367 e. The molecule has 2 heterocycles. The number of amides is 1. The smallest absolute Gasteiger partial charge is 0.224 e. The van der Waals surface area contributed by atoms with E-state index in [0.29, 0.717) is 18.4 Å². The largest absolute Gasteiger partial charge is 0.367 e. The van der Waals surface area contributed by atoms with Gasteiger partial charge in [0.2, 0.25) is 5.91 Å². The van der Waals surface area contributed by atoms with Gasteiger partial charge in [-0.05, 0) is 101 Å². The lowest BCUT2D eigenvalue weighted by molar-refractivity contribution is -0.117. The maximum atomic E-state index is 13.0. The molecule has 2 unspecified atom stereocenters. The summed E-state index contributed by atoms with van der Waals surface area (Å²) in [7, 11) is 2.18. The number of benzene rings is 1. The Balaban J connectivity index is 1.27. The second-order valence-electron chi connectivity index (χ2n) is 10.7. The molecule has 2 N–H and O–H groups in total. The molecule has 1 aromatic heterocycles. The number of rotatable bonds is 5. The molecule has 1 aliphatic heterocycles. The molecule has 1 amide bonds. The van der Waals surface area contributed by atoms with E-state index in [1.807, 2.05) is 0 Å². The van der Waals surface area contributed by atoms with Gasteiger partial charge in [0.1, 0.15) is 5.82 Å². The number of carbonyl (C=O) groups is 1. The molecule has 32 heavy (non-hydrogen) atoms. The van der Waals surface area contributed by atoms with Crippen LogP contribution in [-0.4, -0.2) is 42.0 Å². The first-order valence-electron chi connectivity index (χ1n) is 12.7. The Labute approximate surface area is 192 Å². The number of aryl methyl sites for hydroxylation is 1. The first-order chi connectivity index (χ1) is 15.5. The Morgan fingerprint density at radius 3 is 2.53 bits per heavy atom. The van der Waals surface area contributed by atoms with Crippen molar-refractivity contribution in [3.63, 3.8) is 0 Å². The molecule has 5 rings (SSSR count). The second kappa shape index (κ2) is 9.38. The molecule has 172 valence electrons. The molecule has 0 spiro atoms. The fourth-order valence-corrected chi connectivity index (χ4v) is 6.41. The number of nitrogens with zero attached hydrogens (tertiary/aromatic N) is 2. The highest BCUT2D eigenvalue weighted by molar-refractivity contribution is 6.02. The summed E-state index contributed by atoms with van der Waals surface area (Å²) in [6, 6.07) is 8.82. The van der Waals surface area contributed by atoms with Gasteiger partial charge >= 0.3 is 0 Å². The Kier molecular flexibility index (Phi) is 6.36. The van der Waals surface area contributed by atoms with Crippen molar-refractivity contribution in [1.29, 1.82) is 0 Å². The molecular formula is C27H38N4O. The van der Waals surface area contributed by atoms with Crippen LogP contribution in [0.5, 0.6) is 0 Å². The number of anilines is 2. The summed E-state index contributed by atoms with van der Waals surface area (Å²) in [4.78, 5) is 20.3.